The van der Waals surface area contributed by atoms with Gasteiger partial charge < -0.3 is 0 Å². The first-order chi connectivity index (χ1) is 9.97. The van der Waals surface area contributed by atoms with E-state index in [4.69, 9.17) is 5.26 Å². The van der Waals surface area contributed by atoms with Crippen LogP contribution in [0.25, 0.3) is 10.8 Å². The molecule has 0 unspecified atom stereocenters. The minimum Gasteiger partial charge on any atom is -0.282 e. The molecule has 0 spiro atoms. The fraction of sp³-hybridized carbons (Fsp3) is 0.0769. The van der Waals surface area contributed by atoms with E-state index < -0.39 is 10.1 Å². The van der Waals surface area contributed by atoms with Crippen molar-refractivity contribution in [3.05, 3.63) is 36.4 Å². The fourth-order valence-electron chi connectivity index (χ4n) is 1.87. The van der Waals surface area contributed by atoms with Crippen LogP contribution >= 0.6 is 11.8 Å². The summed E-state index contributed by atoms with van der Waals surface area (Å²) in [4.78, 5) is 4.12. The van der Waals surface area contributed by atoms with Crippen molar-refractivity contribution < 1.29 is 13.0 Å². The SMILES string of the molecule is CSC(=Nc1cccc2c(S(=O)(=O)O)cccc12)NC#N. The lowest BCUT2D eigenvalue weighted by atomic mass is 10.1. The van der Waals surface area contributed by atoms with Gasteiger partial charge in [-0.25, -0.2) is 4.99 Å². The van der Waals surface area contributed by atoms with Gasteiger partial charge in [-0.2, -0.15) is 13.7 Å². The van der Waals surface area contributed by atoms with E-state index in [0.29, 0.717) is 21.6 Å². The standard InChI is InChI=1S/C13H11N3O3S2/c1-20-13(15-8-14)16-11-6-2-5-10-9(11)4-3-7-12(10)21(17,18)19/h2-7H,1H3,(H,15,16)(H,17,18,19). The molecule has 0 aromatic heterocycles. The number of nitrogens with one attached hydrogen (secondary N) is 1. The first-order valence-corrected chi connectivity index (χ1v) is 8.41. The third kappa shape index (κ3) is 3.33. The van der Waals surface area contributed by atoms with Crippen LogP contribution in [0.3, 0.4) is 0 Å². The Labute approximate surface area is 126 Å². The summed E-state index contributed by atoms with van der Waals surface area (Å²) in [5, 5.41) is 12.4. The van der Waals surface area contributed by atoms with E-state index in [9.17, 15) is 13.0 Å². The predicted octanol–water partition coefficient (Wildman–Crippen LogP) is 2.51. The highest BCUT2D eigenvalue weighted by atomic mass is 32.2. The average molecular weight is 321 g/mol. The minimum atomic E-state index is -4.31. The molecule has 108 valence electrons. The topological polar surface area (TPSA) is 103 Å². The summed E-state index contributed by atoms with van der Waals surface area (Å²) in [6.45, 7) is 0. The normalized spacial score (nSPS) is 12.1. The van der Waals surface area contributed by atoms with Gasteiger partial charge in [-0.1, -0.05) is 36.0 Å². The number of thioether (sulfide) groups is 1. The van der Waals surface area contributed by atoms with Crippen molar-refractivity contribution in [2.45, 2.75) is 4.90 Å². The van der Waals surface area contributed by atoms with Crippen LogP contribution < -0.4 is 5.32 Å². The maximum Gasteiger partial charge on any atom is 0.295 e. The first-order valence-electron chi connectivity index (χ1n) is 5.74. The second kappa shape index (κ2) is 6.13. The largest absolute Gasteiger partial charge is 0.295 e. The molecule has 0 fully saturated rings. The lowest BCUT2D eigenvalue weighted by molar-refractivity contribution is 0.484. The maximum absolute atomic E-state index is 11.4. The maximum atomic E-state index is 11.4. The second-order valence-electron chi connectivity index (χ2n) is 3.96. The molecule has 8 heteroatoms. The third-order valence-corrected chi connectivity index (χ3v) is 4.21. The van der Waals surface area contributed by atoms with Crippen LogP contribution in [-0.2, 0) is 10.1 Å². The van der Waals surface area contributed by atoms with Gasteiger partial charge in [0.25, 0.3) is 10.1 Å². The Hall–Kier alpha value is -2.08. The van der Waals surface area contributed by atoms with Gasteiger partial charge in [0, 0.05) is 10.8 Å². The van der Waals surface area contributed by atoms with Crippen LogP contribution in [0, 0.1) is 11.5 Å². The minimum absolute atomic E-state index is 0.170. The lowest BCUT2D eigenvalue weighted by Crippen LogP contribution is -2.12. The molecular weight excluding hydrogens is 310 g/mol. The van der Waals surface area contributed by atoms with Crippen molar-refractivity contribution in [3.63, 3.8) is 0 Å². The Kier molecular flexibility index (Phi) is 4.47. The molecule has 0 aliphatic heterocycles. The zero-order valence-corrected chi connectivity index (χ0v) is 12.6. The predicted molar refractivity (Wildman–Crippen MR) is 83.1 cm³/mol. The van der Waals surface area contributed by atoms with Crippen LogP contribution in [0.5, 0.6) is 0 Å². The number of hydrogen-bond acceptors (Lipinski definition) is 5. The van der Waals surface area contributed by atoms with Crippen LogP contribution in [0.15, 0.2) is 46.3 Å². The highest BCUT2D eigenvalue weighted by Gasteiger charge is 2.14. The molecule has 0 radical (unpaired) electrons. The van der Waals surface area contributed by atoms with Crippen molar-refractivity contribution in [1.82, 2.24) is 5.32 Å². The van der Waals surface area contributed by atoms with Gasteiger partial charge in [0.1, 0.15) is 4.90 Å². The molecule has 0 heterocycles. The molecule has 0 aliphatic rings. The third-order valence-electron chi connectivity index (χ3n) is 2.72. The Morgan fingerprint density at radius 2 is 1.95 bits per heavy atom. The van der Waals surface area contributed by atoms with Gasteiger partial charge in [0.15, 0.2) is 11.4 Å². The highest BCUT2D eigenvalue weighted by molar-refractivity contribution is 8.13. The Morgan fingerprint density at radius 3 is 2.57 bits per heavy atom. The molecule has 21 heavy (non-hydrogen) atoms. The van der Waals surface area contributed by atoms with Gasteiger partial charge >= 0.3 is 0 Å². The van der Waals surface area contributed by atoms with Crippen LogP contribution in [0.1, 0.15) is 0 Å². The van der Waals surface area contributed by atoms with E-state index in [1.165, 1.54) is 23.9 Å². The smallest absolute Gasteiger partial charge is 0.282 e. The number of nitrogens with zero attached hydrogens (tertiary/aromatic N) is 2. The molecule has 6 nitrogen and oxygen atoms in total. The number of amidine groups is 1. The first kappa shape index (κ1) is 15.3. The van der Waals surface area contributed by atoms with Gasteiger partial charge in [0.2, 0.25) is 0 Å². The van der Waals surface area contributed by atoms with Crippen LogP contribution in [0.4, 0.5) is 5.69 Å². The van der Waals surface area contributed by atoms with E-state index in [1.807, 2.05) is 0 Å². The second-order valence-corrected chi connectivity index (χ2v) is 6.15. The Balaban J connectivity index is 2.72. The molecule has 0 saturated carbocycles. The summed E-state index contributed by atoms with van der Waals surface area (Å²) >= 11 is 1.26. The van der Waals surface area contributed by atoms with E-state index >= 15 is 0 Å². The monoisotopic (exact) mass is 321 g/mol. The lowest BCUT2D eigenvalue weighted by Gasteiger charge is -2.07. The molecule has 2 aromatic rings. The molecule has 0 atom stereocenters. The van der Waals surface area contributed by atoms with Crippen LogP contribution in [-0.4, -0.2) is 24.4 Å². The van der Waals surface area contributed by atoms with E-state index in [2.05, 4.69) is 10.3 Å². The summed E-state index contributed by atoms with van der Waals surface area (Å²) in [5.74, 6) is 0. The van der Waals surface area contributed by atoms with Gasteiger partial charge in [-0.3, -0.25) is 9.87 Å². The van der Waals surface area contributed by atoms with Crippen molar-refractivity contribution in [1.29, 1.82) is 5.26 Å². The molecule has 0 bridgehead atoms. The number of benzene rings is 2. The van der Waals surface area contributed by atoms with E-state index in [1.54, 1.807) is 36.7 Å². The van der Waals surface area contributed by atoms with Gasteiger partial charge in [-0.15, -0.1) is 0 Å². The fourth-order valence-corrected chi connectivity index (χ4v) is 2.91. The molecule has 0 amide bonds. The molecular formula is C13H11N3O3S2. The van der Waals surface area contributed by atoms with Crippen molar-refractivity contribution in [2.24, 2.45) is 4.99 Å². The zero-order valence-electron chi connectivity index (χ0n) is 10.9. The number of aliphatic imine (C=N–C) groups is 1. The molecule has 2 rings (SSSR count). The van der Waals surface area contributed by atoms with Gasteiger partial charge in [0.05, 0.1) is 5.69 Å². The Morgan fingerprint density at radius 1 is 1.29 bits per heavy atom. The summed E-state index contributed by atoms with van der Waals surface area (Å²) in [6, 6.07) is 9.49. The zero-order chi connectivity index (χ0) is 15.5. The van der Waals surface area contributed by atoms with Crippen LogP contribution in [0.2, 0.25) is 0 Å². The van der Waals surface area contributed by atoms with Crippen molar-refractivity contribution in [2.75, 3.05) is 6.26 Å². The molecule has 0 saturated heterocycles. The number of nitriles is 1. The number of rotatable bonds is 2. The molecule has 2 N–H and O–H groups in total. The van der Waals surface area contributed by atoms with Crippen molar-refractivity contribution in [3.8, 4) is 6.19 Å². The molecule has 2 aromatic carbocycles. The molecule has 0 aliphatic carbocycles. The van der Waals surface area contributed by atoms with E-state index in [0.717, 1.165) is 0 Å². The summed E-state index contributed by atoms with van der Waals surface area (Å²) in [7, 11) is -4.31. The number of hydrogen-bond donors (Lipinski definition) is 2. The van der Waals surface area contributed by atoms with Crippen molar-refractivity contribution >= 4 is 43.5 Å². The summed E-state index contributed by atoms with van der Waals surface area (Å²) in [6.07, 6.45) is 3.55. The Bertz CT molecular complexity index is 855. The average Bonchev–Trinajstić information content (AvgIpc) is 2.45. The highest BCUT2D eigenvalue weighted by Crippen LogP contribution is 2.30. The summed E-state index contributed by atoms with van der Waals surface area (Å²) < 4.78 is 32.1. The van der Waals surface area contributed by atoms with Gasteiger partial charge in [-0.05, 0) is 18.4 Å². The quantitative estimate of drug-likeness (QED) is 0.290. The number of fused-ring (bicyclic) bond motifs is 1. The van der Waals surface area contributed by atoms with E-state index in [-0.39, 0.29) is 4.90 Å². The summed E-state index contributed by atoms with van der Waals surface area (Å²) in [5.41, 5.74) is 0.505.